The third-order valence-corrected chi connectivity index (χ3v) is 5.76. The number of hydrogen-bond donors (Lipinski definition) is 2. The van der Waals surface area contributed by atoms with Gasteiger partial charge in [0.25, 0.3) is 5.91 Å². The fourth-order valence-corrected chi connectivity index (χ4v) is 4.64. The molecule has 0 saturated carbocycles. The van der Waals surface area contributed by atoms with Crippen LogP contribution in [-0.2, 0) is 27.3 Å². The van der Waals surface area contributed by atoms with Crippen LogP contribution in [0.3, 0.4) is 0 Å². The average molecular weight is 413 g/mol. The van der Waals surface area contributed by atoms with Crippen LogP contribution < -0.4 is 10.6 Å². The number of carbonyl (C=O) groups is 4. The molecule has 0 radical (unpaired) electrons. The molecule has 1 fully saturated rings. The van der Waals surface area contributed by atoms with Crippen LogP contribution in [0, 0.1) is 0 Å². The van der Waals surface area contributed by atoms with Crippen molar-refractivity contribution in [3.8, 4) is 0 Å². The minimum atomic E-state index is -0.623. The average Bonchev–Trinajstić information content (AvgIpc) is 2.93. The van der Waals surface area contributed by atoms with Crippen molar-refractivity contribution in [1.29, 1.82) is 0 Å². The van der Waals surface area contributed by atoms with Crippen LogP contribution >= 0.6 is 0 Å². The van der Waals surface area contributed by atoms with Gasteiger partial charge in [0.15, 0.2) is 0 Å². The van der Waals surface area contributed by atoms with Crippen LogP contribution in [0.15, 0.2) is 12.1 Å². The number of nitrogens with one attached hydrogen (secondary N) is 2. The molecule has 4 amide bonds. The molecule has 0 bridgehead atoms. The molecule has 0 spiro atoms. The minimum absolute atomic E-state index is 0.131. The van der Waals surface area contributed by atoms with E-state index in [2.05, 4.69) is 10.6 Å². The normalized spacial score (nSPS) is 23.2. The zero-order valence-electron chi connectivity index (χ0n) is 17.5. The molecule has 1 aromatic rings. The van der Waals surface area contributed by atoms with Crippen molar-refractivity contribution in [2.24, 2.45) is 0 Å². The first-order valence-corrected chi connectivity index (χ1v) is 10.4. The number of ether oxygens (including phenoxy) is 1. The molecule has 1 aromatic carbocycles. The predicted octanol–water partition coefficient (Wildman–Crippen LogP) is 2.35. The molecule has 2 aliphatic heterocycles. The van der Waals surface area contributed by atoms with E-state index in [4.69, 9.17) is 4.74 Å². The first-order chi connectivity index (χ1) is 14.1. The maximum Gasteiger partial charge on any atom is 0.407 e. The third-order valence-electron chi connectivity index (χ3n) is 5.76. The summed E-state index contributed by atoms with van der Waals surface area (Å²) in [5, 5.41) is 5.10. The van der Waals surface area contributed by atoms with E-state index in [0.717, 1.165) is 36.0 Å². The molecule has 3 aliphatic rings. The van der Waals surface area contributed by atoms with E-state index >= 15 is 0 Å². The van der Waals surface area contributed by atoms with E-state index in [1.807, 2.05) is 12.1 Å². The first-order valence-electron chi connectivity index (χ1n) is 10.4. The summed E-state index contributed by atoms with van der Waals surface area (Å²) in [7, 11) is 0. The minimum Gasteiger partial charge on any atom is -0.444 e. The van der Waals surface area contributed by atoms with Crippen LogP contribution in [0.1, 0.15) is 79.5 Å². The van der Waals surface area contributed by atoms with Gasteiger partial charge in [0, 0.05) is 18.5 Å². The number of benzene rings is 1. The lowest BCUT2D eigenvalue weighted by Crippen LogP contribution is -2.53. The van der Waals surface area contributed by atoms with Crippen molar-refractivity contribution in [3.63, 3.8) is 0 Å². The van der Waals surface area contributed by atoms with Gasteiger partial charge in [0.05, 0.1) is 6.04 Å². The van der Waals surface area contributed by atoms with Crippen molar-refractivity contribution < 1.29 is 23.9 Å². The molecule has 2 N–H and O–H groups in total. The number of nitrogens with zero attached hydrogens (tertiary/aromatic N) is 1. The number of imide groups is 1. The van der Waals surface area contributed by atoms with E-state index < -0.39 is 23.6 Å². The Morgan fingerprint density at radius 3 is 2.63 bits per heavy atom. The molecular formula is C22H27N3O5. The summed E-state index contributed by atoms with van der Waals surface area (Å²) in [5.41, 5.74) is 2.93. The van der Waals surface area contributed by atoms with E-state index in [0.29, 0.717) is 12.0 Å². The molecule has 1 saturated heterocycles. The molecule has 1 aliphatic carbocycles. The molecule has 8 nitrogen and oxygen atoms in total. The van der Waals surface area contributed by atoms with E-state index in [1.165, 1.54) is 0 Å². The molecule has 2 heterocycles. The fourth-order valence-electron chi connectivity index (χ4n) is 4.64. The van der Waals surface area contributed by atoms with Crippen molar-refractivity contribution in [3.05, 3.63) is 34.4 Å². The summed E-state index contributed by atoms with van der Waals surface area (Å²) in [6.07, 6.45) is 2.65. The Kier molecular flexibility index (Phi) is 5.03. The second kappa shape index (κ2) is 7.41. The van der Waals surface area contributed by atoms with Gasteiger partial charge in [0.1, 0.15) is 11.6 Å². The lowest BCUT2D eigenvalue weighted by atomic mass is 9.85. The van der Waals surface area contributed by atoms with Crippen molar-refractivity contribution in [2.75, 3.05) is 0 Å². The number of piperidine rings is 1. The largest absolute Gasteiger partial charge is 0.444 e. The van der Waals surface area contributed by atoms with Crippen LogP contribution in [0.25, 0.3) is 0 Å². The Labute approximate surface area is 175 Å². The van der Waals surface area contributed by atoms with Crippen molar-refractivity contribution in [2.45, 2.75) is 77.1 Å². The van der Waals surface area contributed by atoms with Crippen LogP contribution in [-0.4, -0.2) is 40.4 Å². The van der Waals surface area contributed by atoms with Gasteiger partial charge in [-0.2, -0.15) is 0 Å². The lowest BCUT2D eigenvalue weighted by Gasteiger charge is -2.36. The molecule has 2 unspecified atom stereocenters. The molecular weight excluding hydrogens is 386 g/mol. The van der Waals surface area contributed by atoms with Gasteiger partial charge < -0.3 is 15.0 Å². The molecule has 0 aromatic heterocycles. The highest BCUT2D eigenvalue weighted by Crippen LogP contribution is 2.45. The smallest absolute Gasteiger partial charge is 0.407 e. The van der Waals surface area contributed by atoms with Gasteiger partial charge in [-0.05, 0) is 69.2 Å². The van der Waals surface area contributed by atoms with E-state index in [-0.39, 0.29) is 30.8 Å². The monoisotopic (exact) mass is 413 g/mol. The summed E-state index contributed by atoms with van der Waals surface area (Å²) in [6.45, 7) is 5.66. The van der Waals surface area contributed by atoms with Gasteiger partial charge in [0.2, 0.25) is 11.8 Å². The fraction of sp³-hybridized carbons (Fsp3) is 0.545. The highest BCUT2D eigenvalue weighted by Gasteiger charge is 2.46. The van der Waals surface area contributed by atoms with E-state index in [9.17, 15) is 19.2 Å². The summed E-state index contributed by atoms with van der Waals surface area (Å²) < 4.78 is 5.28. The SMILES string of the molecule is CC(C)(C)OC(=O)NCc1cc2c3c(c1)C(=O)N(C1CCC(=O)NC1=O)C3CCC2. The van der Waals surface area contributed by atoms with Crippen LogP contribution in [0.5, 0.6) is 0 Å². The first kappa shape index (κ1) is 20.4. The molecule has 4 rings (SSSR count). The molecule has 30 heavy (non-hydrogen) atoms. The van der Waals surface area contributed by atoms with Gasteiger partial charge >= 0.3 is 6.09 Å². The molecule has 8 heteroatoms. The third kappa shape index (κ3) is 3.78. The Bertz CT molecular complexity index is 933. The lowest BCUT2D eigenvalue weighted by molar-refractivity contribution is -0.137. The maximum atomic E-state index is 13.3. The van der Waals surface area contributed by atoms with Crippen molar-refractivity contribution >= 4 is 23.8 Å². The number of carbonyl (C=O) groups excluding carboxylic acids is 4. The zero-order chi connectivity index (χ0) is 21.6. The second-order valence-electron chi connectivity index (χ2n) is 9.16. The van der Waals surface area contributed by atoms with Crippen molar-refractivity contribution in [1.82, 2.24) is 15.5 Å². The summed E-state index contributed by atoms with van der Waals surface area (Å²) >= 11 is 0. The molecule has 160 valence electrons. The summed E-state index contributed by atoms with van der Waals surface area (Å²) in [5.74, 6) is -0.863. The van der Waals surface area contributed by atoms with Gasteiger partial charge in [-0.1, -0.05) is 6.07 Å². The van der Waals surface area contributed by atoms with Gasteiger partial charge in [-0.25, -0.2) is 4.79 Å². The topological polar surface area (TPSA) is 105 Å². The number of alkyl carbamates (subject to hydrolysis) is 1. The number of hydrogen-bond acceptors (Lipinski definition) is 5. The number of rotatable bonds is 3. The summed E-state index contributed by atoms with van der Waals surface area (Å²) in [6, 6.07) is 3.08. The van der Waals surface area contributed by atoms with Gasteiger partial charge in [-0.3, -0.25) is 19.7 Å². The highest BCUT2D eigenvalue weighted by atomic mass is 16.6. The van der Waals surface area contributed by atoms with Crippen LogP contribution in [0.4, 0.5) is 4.79 Å². The van der Waals surface area contributed by atoms with Gasteiger partial charge in [-0.15, -0.1) is 0 Å². The Balaban J connectivity index is 1.58. The van der Waals surface area contributed by atoms with E-state index in [1.54, 1.807) is 25.7 Å². The Morgan fingerprint density at radius 1 is 1.17 bits per heavy atom. The number of aryl methyl sites for hydroxylation is 1. The number of amides is 4. The quantitative estimate of drug-likeness (QED) is 0.740. The zero-order valence-corrected chi connectivity index (χ0v) is 17.5. The Hall–Kier alpha value is -2.90. The Morgan fingerprint density at radius 2 is 1.93 bits per heavy atom. The maximum absolute atomic E-state index is 13.3. The summed E-state index contributed by atoms with van der Waals surface area (Å²) in [4.78, 5) is 50.9. The molecule has 2 atom stereocenters. The highest BCUT2D eigenvalue weighted by molar-refractivity contribution is 6.06. The predicted molar refractivity (Wildman–Crippen MR) is 108 cm³/mol. The second-order valence-corrected chi connectivity index (χ2v) is 9.16. The van der Waals surface area contributed by atoms with Crippen LogP contribution in [0.2, 0.25) is 0 Å². The standard InChI is InChI=1S/C22H27N3O5/c1-22(2,3)30-21(29)23-11-12-9-13-5-4-6-15-18(13)14(10-12)20(28)25(15)16-7-8-17(26)24-19(16)27/h9-10,15-16H,4-8,11H2,1-3H3,(H,23,29)(H,24,26,27).